The first-order valence-corrected chi connectivity index (χ1v) is 6.70. The Morgan fingerprint density at radius 2 is 1.90 bits per heavy atom. The second-order valence-corrected chi connectivity index (χ2v) is 4.94. The number of rotatable bonds is 7. The monoisotopic (exact) mass is 291 g/mol. The molecule has 2 atom stereocenters. The maximum Gasteiger partial charge on any atom is 0.326 e. The molecule has 0 spiro atoms. The van der Waals surface area contributed by atoms with Crippen molar-refractivity contribution in [1.82, 2.24) is 5.32 Å². The fourth-order valence-corrected chi connectivity index (χ4v) is 1.84. The lowest BCUT2D eigenvalue weighted by Crippen LogP contribution is -2.43. The van der Waals surface area contributed by atoms with Crippen molar-refractivity contribution in [3.05, 3.63) is 47.5 Å². The molecule has 114 valence electrons. The molecule has 5 heteroatoms. The third-order valence-corrected chi connectivity index (χ3v) is 2.95. The van der Waals surface area contributed by atoms with Gasteiger partial charge in [0, 0.05) is 7.11 Å². The van der Waals surface area contributed by atoms with E-state index in [-0.39, 0.29) is 6.42 Å². The second-order valence-electron chi connectivity index (χ2n) is 4.94. The number of methoxy groups -OCH3 is 1. The fourth-order valence-electron chi connectivity index (χ4n) is 1.84. The van der Waals surface area contributed by atoms with Crippen molar-refractivity contribution in [1.29, 1.82) is 0 Å². The molecule has 2 N–H and O–H groups in total. The maximum absolute atomic E-state index is 12.2. The number of carbonyl (C=O) groups excluding carboxylic acids is 1. The summed E-state index contributed by atoms with van der Waals surface area (Å²) in [6, 6.07) is 8.00. The second kappa shape index (κ2) is 8.21. The van der Waals surface area contributed by atoms with Crippen molar-refractivity contribution in [2.75, 3.05) is 7.11 Å². The van der Waals surface area contributed by atoms with Gasteiger partial charge in [-0.1, -0.05) is 42.0 Å². The van der Waals surface area contributed by atoms with Gasteiger partial charge >= 0.3 is 5.97 Å². The molecule has 1 amide bonds. The maximum atomic E-state index is 12.2. The summed E-state index contributed by atoms with van der Waals surface area (Å²) in [4.78, 5) is 23.4. The van der Waals surface area contributed by atoms with Crippen molar-refractivity contribution in [2.24, 2.45) is 0 Å². The Hall–Kier alpha value is -2.14. The van der Waals surface area contributed by atoms with E-state index in [1.54, 1.807) is 30.3 Å². The number of aliphatic carboxylic acids is 1. The van der Waals surface area contributed by atoms with Gasteiger partial charge < -0.3 is 15.2 Å². The molecule has 0 radical (unpaired) electrons. The summed E-state index contributed by atoms with van der Waals surface area (Å²) in [6.45, 7) is 3.76. The molecule has 1 rings (SSSR count). The van der Waals surface area contributed by atoms with Crippen LogP contribution in [0.5, 0.6) is 0 Å². The predicted octanol–water partition coefficient (Wildman–Crippen LogP) is 2.30. The lowest BCUT2D eigenvalue weighted by Gasteiger charge is -2.19. The number of hydrogen-bond acceptors (Lipinski definition) is 3. The lowest BCUT2D eigenvalue weighted by atomic mass is 10.1. The van der Waals surface area contributed by atoms with E-state index < -0.39 is 24.0 Å². The largest absolute Gasteiger partial charge is 0.480 e. The summed E-state index contributed by atoms with van der Waals surface area (Å²) >= 11 is 0. The minimum absolute atomic E-state index is 0.245. The number of allylic oxidation sites excluding steroid dienone is 1. The Labute approximate surface area is 124 Å². The summed E-state index contributed by atoms with van der Waals surface area (Å²) in [6.07, 6.45) is 1.21. The molecule has 1 aromatic rings. The Morgan fingerprint density at radius 3 is 2.38 bits per heavy atom. The molecule has 1 aromatic carbocycles. The zero-order valence-corrected chi connectivity index (χ0v) is 12.5. The molecule has 21 heavy (non-hydrogen) atoms. The quantitative estimate of drug-likeness (QED) is 0.756. The highest BCUT2D eigenvalue weighted by atomic mass is 16.5. The normalized spacial score (nSPS) is 13.1. The number of carboxylic acid groups (broad SMARTS) is 1. The van der Waals surface area contributed by atoms with Crippen LogP contribution in [0, 0.1) is 0 Å². The Kier molecular flexibility index (Phi) is 6.62. The Morgan fingerprint density at radius 1 is 1.29 bits per heavy atom. The highest BCUT2D eigenvalue weighted by molar-refractivity contribution is 5.87. The minimum atomic E-state index is -1.07. The van der Waals surface area contributed by atoms with Gasteiger partial charge in [0.2, 0.25) is 0 Å². The number of carboxylic acids is 1. The summed E-state index contributed by atoms with van der Waals surface area (Å²) in [5.41, 5.74) is 1.69. The van der Waals surface area contributed by atoms with E-state index >= 15 is 0 Å². The topological polar surface area (TPSA) is 75.6 Å². The van der Waals surface area contributed by atoms with E-state index in [9.17, 15) is 14.7 Å². The number of nitrogens with one attached hydrogen (secondary N) is 1. The highest BCUT2D eigenvalue weighted by Gasteiger charge is 2.25. The van der Waals surface area contributed by atoms with Gasteiger partial charge in [0.25, 0.3) is 5.91 Å². The molecule has 0 heterocycles. The number of hydrogen-bond donors (Lipinski definition) is 2. The summed E-state index contributed by atoms with van der Waals surface area (Å²) in [5.74, 6) is -1.53. The summed E-state index contributed by atoms with van der Waals surface area (Å²) < 4.78 is 5.18. The molecule has 0 bridgehead atoms. The van der Waals surface area contributed by atoms with E-state index in [0.717, 1.165) is 5.57 Å². The molecular weight excluding hydrogens is 270 g/mol. The standard InChI is InChI=1S/C16H21NO4/c1-11(2)9-10-13(16(19)20)17-15(18)14(21-3)12-7-5-4-6-8-12/h4-9,13-14H,10H2,1-3H3,(H,17,18)(H,19,20)/t13-,14+/m1/s1. The summed E-state index contributed by atoms with van der Waals surface area (Å²) in [7, 11) is 1.42. The van der Waals surface area contributed by atoms with Crippen molar-refractivity contribution < 1.29 is 19.4 Å². The van der Waals surface area contributed by atoms with Crippen molar-refractivity contribution in [2.45, 2.75) is 32.4 Å². The van der Waals surface area contributed by atoms with Crippen LogP contribution in [0.4, 0.5) is 0 Å². The van der Waals surface area contributed by atoms with Crippen LogP contribution in [0.1, 0.15) is 31.9 Å². The van der Waals surface area contributed by atoms with E-state index in [1.807, 2.05) is 19.9 Å². The molecule has 0 saturated heterocycles. The molecule has 0 saturated carbocycles. The Balaban J connectivity index is 2.80. The molecule has 0 unspecified atom stereocenters. The molecule has 0 aliphatic carbocycles. The number of carbonyl (C=O) groups is 2. The van der Waals surface area contributed by atoms with Gasteiger partial charge in [0.1, 0.15) is 6.04 Å². The van der Waals surface area contributed by atoms with Gasteiger partial charge in [-0.15, -0.1) is 0 Å². The van der Waals surface area contributed by atoms with Gasteiger partial charge in [0.05, 0.1) is 0 Å². The van der Waals surface area contributed by atoms with Crippen LogP contribution in [0.3, 0.4) is 0 Å². The van der Waals surface area contributed by atoms with Crippen LogP contribution in [-0.4, -0.2) is 30.1 Å². The van der Waals surface area contributed by atoms with Gasteiger partial charge in [-0.05, 0) is 25.8 Å². The van der Waals surface area contributed by atoms with Crippen LogP contribution in [-0.2, 0) is 14.3 Å². The van der Waals surface area contributed by atoms with Gasteiger partial charge in [0.15, 0.2) is 6.10 Å². The first kappa shape index (κ1) is 16.9. The third-order valence-electron chi connectivity index (χ3n) is 2.95. The van der Waals surface area contributed by atoms with E-state index in [2.05, 4.69) is 5.32 Å². The van der Waals surface area contributed by atoms with Crippen LogP contribution < -0.4 is 5.32 Å². The number of amides is 1. The minimum Gasteiger partial charge on any atom is -0.480 e. The zero-order valence-electron chi connectivity index (χ0n) is 12.5. The number of benzene rings is 1. The van der Waals surface area contributed by atoms with Crippen LogP contribution >= 0.6 is 0 Å². The summed E-state index contributed by atoms with van der Waals surface area (Å²) in [5, 5.41) is 11.7. The first-order valence-electron chi connectivity index (χ1n) is 6.70. The molecule has 0 aliphatic heterocycles. The van der Waals surface area contributed by atoms with Crippen molar-refractivity contribution >= 4 is 11.9 Å². The molecule has 0 aliphatic rings. The first-order chi connectivity index (χ1) is 9.95. The fraction of sp³-hybridized carbons (Fsp3) is 0.375. The predicted molar refractivity (Wildman–Crippen MR) is 79.8 cm³/mol. The van der Waals surface area contributed by atoms with Crippen LogP contribution in [0.2, 0.25) is 0 Å². The molecule has 0 aromatic heterocycles. The third kappa shape index (κ3) is 5.39. The van der Waals surface area contributed by atoms with Crippen molar-refractivity contribution in [3.8, 4) is 0 Å². The zero-order chi connectivity index (χ0) is 15.8. The van der Waals surface area contributed by atoms with Crippen molar-refractivity contribution in [3.63, 3.8) is 0 Å². The van der Waals surface area contributed by atoms with Gasteiger partial charge in [-0.25, -0.2) is 4.79 Å². The van der Waals surface area contributed by atoms with E-state index in [1.165, 1.54) is 7.11 Å². The molecule has 0 fully saturated rings. The van der Waals surface area contributed by atoms with E-state index in [4.69, 9.17) is 4.74 Å². The van der Waals surface area contributed by atoms with Crippen LogP contribution in [0.15, 0.2) is 42.0 Å². The van der Waals surface area contributed by atoms with Gasteiger partial charge in [-0.3, -0.25) is 4.79 Å². The molecule has 5 nitrogen and oxygen atoms in total. The van der Waals surface area contributed by atoms with Crippen LogP contribution in [0.25, 0.3) is 0 Å². The SMILES string of the molecule is CO[C@H](C(=O)N[C@H](CC=C(C)C)C(=O)O)c1ccccc1. The average Bonchev–Trinajstić information content (AvgIpc) is 2.44. The highest BCUT2D eigenvalue weighted by Crippen LogP contribution is 2.16. The van der Waals surface area contributed by atoms with E-state index in [0.29, 0.717) is 5.56 Å². The Bertz CT molecular complexity index is 506. The molecular formula is C16H21NO4. The lowest BCUT2D eigenvalue weighted by molar-refractivity contribution is -0.143. The number of ether oxygens (including phenoxy) is 1. The average molecular weight is 291 g/mol. The smallest absolute Gasteiger partial charge is 0.326 e. The van der Waals surface area contributed by atoms with Gasteiger partial charge in [-0.2, -0.15) is 0 Å².